The number of rotatable bonds is 1. The molecule has 64 valence electrons. The average molecular weight is 166 g/mol. The number of hydrogen-bond acceptors (Lipinski definition) is 3. The van der Waals surface area contributed by atoms with Crippen LogP contribution < -0.4 is 0 Å². The number of Topliss-reactive ketones (excluding diaryl/α,β-unsaturated/α-hetero) is 1. The Kier molecular flexibility index (Phi) is 0.955. The number of carbonyl (C=O) groups is 2. The number of ketones is 1. The second kappa shape index (κ2) is 1.73. The molecule has 4 fully saturated rings. The van der Waals surface area contributed by atoms with Crippen LogP contribution in [0.4, 0.5) is 0 Å². The van der Waals surface area contributed by atoms with Gasteiger partial charge in [0.05, 0.1) is 13.0 Å². The predicted octanol–water partition coefficient (Wildman–Crippen LogP) is 0.240. The zero-order valence-electron chi connectivity index (χ0n) is 6.82. The largest absolute Gasteiger partial charge is 0.469 e. The lowest BCUT2D eigenvalue weighted by Crippen LogP contribution is -2.21. The van der Waals surface area contributed by atoms with Gasteiger partial charge in [-0.15, -0.1) is 0 Å². The first-order chi connectivity index (χ1) is 5.75. The summed E-state index contributed by atoms with van der Waals surface area (Å²) < 4.78 is 4.69. The summed E-state index contributed by atoms with van der Waals surface area (Å²) in [6.45, 7) is 0. The molecule has 3 nitrogen and oxygen atoms in total. The van der Waals surface area contributed by atoms with E-state index in [1.54, 1.807) is 0 Å². The lowest BCUT2D eigenvalue weighted by molar-refractivity contribution is -0.147. The molecular weight excluding hydrogens is 156 g/mol. The van der Waals surface area contributed by atoms with Crippen molar-refractivity contribution < 1.29 is 14.3 Å². The Bertz CT molecular complexity index is 283. The Morgan fingerprint density at radius 2 is 2.33 bits per heavy atom. The molecule has 0 aromatic carbocycles. The molecule has 0 unspecified atom stereocenters. The summed E-state index contributed by atoms with van der Waals surface area (Å²) in [6, 6.07) is 0. The van der Waals surface area contributed by atoms with Gasteiger partial charge in [-0.25, -0.2) is 0 Å². The van der Waals surface area contributed by atoms with Crippen molar-refractivity contribution in [2.45, 2.75) is 6.42 Å². The Balaban J connectivity index is 1.93. The molecule has 0 saturated heterocycles. The highest BCUT2D eigenvalue weighted by atomic mass is 16.5. The molecule has 0 N–H and O–H groups in total. The van der Waals surface area contributed by atoms with Crippen molar-refractivity contribution in [2.24, 2.45) is 29.6 Å². The Hall–Kier alpha value is -0.860. The Labute approximate surface area is 70.1 Å². The van der Waals surface area contributed by atoms with Gasteiger partial charge in [-0.1, -0.05) is 0 Å². The first-order valence-electron chi connectivity index (χ1n) is 4.37. The standard InChI is InChI=1S/C9H10O3/c1-12-9(11)7-4-2-3-5(7)6(3)8(4)10/h3-7H,2H2,1H3/t3-,4+,5+,6-,7-/m0/s1. The number of esters is 1. The number of ether oxygens (including phenoxy) is 1. The van der Waals surface area contributed by atoms with Crippen molar-refractivity contribution in [1.29, 1.82) is 0 Å². The van der Waals surface area contributed by atoms with E-state index >= 15 is 0 Å². The lowest BCUT2D eigenvalue weighted by Gasteiger charge is -2.09. The topological polar surface area (TPSA) is 43.4 Å². The van der Waals surface area contributed by atoms with Crippen LogP contribution in [0.5, 0.6) is 0 Å². The van der Waals surface area contributed by atoms with E-state index < -0.39 is 0 Å². The molecule has 0 spiro atoms. The normalized spacial score (nSPS) is 52.8. The molecule has 4 bridgehead atoms. The van der Waals surface area contributed by atoms with Crippen LogP contribution in [0.25, 0.3) is 0 Å². The second-order valence-corrected chi connectivity index (χ2v) is 4.06. The molecule has 3 heteroatoms. The van der Waals surface area contributed by atoms with Crippen LogP contribution in [0.2, 0.25) is 0 Å². The third-order valence-corrected chi connectivity index (χ3v) is 3.77. The minimum atomic E-state index is -0.166. The molecule has 12 heavy (non-hydrogen) atoms. The van der Waals surface area contributed by atoms with E-state index in [9.17, 15) is 9.59 Å². The summed E-state index contributed by atoms with van der Waals surface area (Å²) in [4.78, 5) is 22.7. The van der Waals surface area contributed by atoms with Gasteiger partial charge >= 0.3 is 5.97 Å². The first-order valence-corrected chi connectivity index (χ1v) is 4.37. The van der Waals surface area contributed by atoms with E-state index in [1.165, 1.54) is 7.11 Å². The zero-order chi connectivity index (χ0) is 8.46. The smallest absolute Gasteiger partial charge is 0.309 e. The highest BCUT2D eigenvalue weighted by molar-refractivity contribution is 5.98. The van der Waals surface area contributed by atoms with Gasteiger partial charge in [-0.2, -0.15) is 0 Å². The van der Waals surface area contributed by atoms with Gasteiger partial charge < -0.3 is 4.74 Å². The zero-order valence-corrected chi connectivity index (χ0v) is 6.82. The molecule has 4 aliphatic rings. The van der Waals surface area contributed by atoms with E-state index in [0.29, 0.717) is 17.6 Å². The van der Waals surface area contributed by atoms with Gasteiger partial charge in [0, 0.05) is 11.8 Å². The maximum absolute atomic E-state index is 11.4. The van der Waals surface area contributed by atoms with Crippen molar-refractivity contribution in [3.63, 3.8) is 0 Å². The van der Waals surface area contributed by atoms with Gasteiger partial charge in [0.1, 0.15) is 5.78 Å². The minimum Gasteiger partial charge on any atom is -0.469 e. The molecular formula is C9H10O3. The van der Waals surface area contributed by atoms with Crippen LogP contribution in [0.3, 0.4) is 0 Å². The molecule has 4 rings (SSSR count). The highest BCUT2D eigenvalue weighted by Crippen LogP contribution is 2.71. The predicted molar refractivity (Wildman–Crippen MR) is 39.1 cm³/mol. The fourth-order valence-corrected chi connectivity index (χ4v) is 3.30. The van der Waals surface area contributed by atoms with Crippen LogP contribution in [0, 0.1) is 29.6 Å². The van der Waals surface area contributed by atoms with Gasteiger partial charge in [-0.05, 0) is 18.3 Å². The molecule has 0 aromatic rings. The molecule has 0 radical (unpaired) electrons. The number of methoxy groups -OCH3 is 1. The quantitative estimate of drug-likeness (QED) is 0.524. The van der Waals surface area contributed by atoms with Crippen LogP contribution in [0.15, 0.2) is 0 Å². The summed E-state index contributed by atoms with van der Waals surface area (Å²) in [5, 5.41) is 0. The Morgan fingerprint density at radius 3 is 2.67 bits per heavy atom. The first kappa shape index (κ1) is 6.63. The minimum absolute atomic E-state index is 0.0254. The van der Waals surface area contributed by atoms with Crippen molar-refractivity contribution in [2.75, 3.05) is 7.11 Å². The van der Waals surface area contributed by atoms with Crippen LogP contribution in [-0.4, -0.2) is 18.9 Å². The van der Waals surface area contributed by atoms with Crippen molar-refractivity contribution in [3.05, 3.63) is 0 Å². The summed E-state index contributed by atoms with van der Waals surface area (Å²) in [6.07, 6.45) is 0.952. The van der Waals surface area contributed by atoms with Crippen LogP contribution >= 0.6 is 0 Å². The third kappa shape index (κ3) is 0.490. The van der Waals surface area contributed by atoms with Crippen molar-refractivity contribution >= 4 is 11.8 Å². The molecule has 4 aliphatic carbocycles. The SMILES string of the molecule is COC(=O)[C@@H]1[C@@H]2[C@@H]3C[C@H]1C(=O)[C@@H]32. The molecule has 5 atom stereocenters. The van der Waals surface area contributed by atoms with Crippen LogP contribution in [0.1, 0.15) is 6.42 Å². The molecule has 0 aliphatic heterocycles. The van der Waals surface area contributed by atoms with E-state index in [4.69, 9.17) is 0 Å². The van der Waals surface area contributed by atoms with E-state index in [2.05, 4.69) is 4.74 Å². The monoisotopic (exact) mass is 166 g/mol. The summed E-state index contributed by atoms with van der Waals surface area (Å²) >= 11 is 0. The number of carbonyl (C=O) groups excluding carboxylic acids is 2. The summed E-state index contributed by atoms with van der Waals surface area (Å²) in [5.41, 5.74) is 0. The fourth-order valence-electron chi connectivity index (χ4n) is 3.30. The molecule has 0 aromatic heterocycles. The summed E-state index contributed by atoms with van der Waals surface area (Å²) in [5.74, 6) is 1.29. The maximum Gasteiger partial charge on any atom is 0.309 e. The Morgan fingerprint density at radius 1 is 1.58 bits per heavy atom. The fraction of sp³-hybridized carbons (Fsp3) is 0.778. The van der Waals surface area contributed by atoms with Crippen molar-refractivity contribution in [1.82, 2.24) is 0 Å². The van der Waals surface area contributed by atoms with Gasteiger partial charge in [0.15, 0.2) is 0 Å². The van der Waals surface area contributed by atoms with Gasteiger partial charge in [0.25, 0.3) is 0 Å². The third-order valence-electron chi connectivity index (χ3n) is 3.77. The maximum atomic E-state index is 11.4. The molecule has 4 saturated carbocycles. The van der Waals surface area contributed by atoms with Crippen molar-refractivity contribution in [3.8, 4) is 0 Å². The van der Waals surface area contributed by atoms with E-state index in [-0.39, 0.29) is 23.7 Å². The molecule has 0 amide bonds. The van der Waals surface area contributed by atoms with Gasteiger partial charge in [-0.3, -0.25) is 9.59 Å². The van der Waals surface area contributed by atoms with E-state index in [0.717, 1.165) is 6.42 Å². The summed E-state index contributed by atoms with van der Waals surface area (Å²) in [7, 11) is 1.40. The molecule has 0 heterocycles. The highest BCUT2D eigenvalue weighted by Gasteiger charge is 2.75. The lowest BCUT2D eigenvalue weighted by atomic mass is 9.98. The van der Waals surface area contributed by atoms with Crippen LogP contribution in [-0.2, 0) is 14.3 Å². The average Bonchev–Trinajstić information content (AvgIpc) is 2.42. The second-order valence-electron chi connectivity index (χ2n) is 4.06. The van der Waals surface area contributed by atoms with E-state index in [1.807, 2.05) is 0 Å². The number of hydrogen-bond donors (Lipinski definition) is 0. The van der Waals surface area contributed by atoms with Gasteiger partial charge in [0.2, 0.25) is 0 Å².